The molecule has 1 aliphatic heterocycles. The molecule has 1 saturated heterocycles. The highest BCUT2D eigenvalue weighted by molar-refractivity contribution is 5.96. The summed E-state index contributed by atoms with van der Waals surface area (Å²) in [6.45, 7) is 1.39. The van der Waals surface area contributed by atoms with Gasteiger partial charge in [-0.15, -0.1) is 0 Å². The first kappa shape index (κ1) is 13.6. The Hall–Kier alpha value is -1.44. The second kappa shape index (κ2) is 5.76. The minimum Gasteiger partial charge on any atom is -0.478 e. The number of nitrogens with two attached hydrogens (primary N) is 1. The van der Waals surface area contributed by atoms with Crippen molar-refractivity contribution in [3.05, 3.63) is 11.6 Å². The molecule has 0 aromatic carbocycles. The van der Waals surface area contributed by atoms with E-state index < -0.39 is 17.5 Å². The fourth-order valence-electron chi connectivity index (χ4n) is 1.87. The average molecular weight is 244 g/mol. The molecule has 0 aliphatic carbocycles. The summed E-state index contributed by atoms with van der Waals surface area (Å²) < 4.78 is 5.48. The largest absolute Gasteiger partial charge is 0.478 e. The molecule has 1 atom stereocenters. The second-order valence-electron chi connectivity index (χ2n) is 3.76. The van der Waals surface area contributed by atoms with Gasteiger partial charge in [-0.25, -0.2) is 9.59 Å². The Kier molecular flexibility index (Phi) is 4.62. The van der Waals surface area contributed by atoms with Crippen molar-refractivity contribution in [2.45, 2.75) is 12.0 Å². The van der Waals surface area contributed by atoms with E-state index in [4.69, 9.17) is 20.7 Å². The fraction of sp³-hybridized carbons (Fsp3) is 0.600. The van der Waals surface area contributed by atoms with E-state index in [2.05, 4.69) is 5.32 Å². The number of hydrogen-bond acceptors (Lipinski definition) is 5. The molecule has 0 spiro atoms. The van der Waals surface area contributed by atoms with Crippen molar-refractivity contribution in [3.63, 3.8) is 0 Å². The number of carboxylic acid groups (broad SMARTS) is 2. The first-order valence-corrected chi connectivity index (χ1v) is 5.25. The summed E-state index contributed by atoms with van der Waals surface area (Å²) in [7, 11) is 0. The van der Waals surface area contributed by atoms with Crippen LogP contribution in [0.4, 0.5) is 0 Å². The van der Waals surface area contributed by atoms with Gasteiger partial charge in [0.15, 0.2) is 0 Å². The van der Waals surface area contributed by atoms with Crippen LogP contribution in [0.2, 0.25) is 0 Å². The predicted molar refractivity (Wildman–Crippen MR) is 58.6 cm³/mol. The van der Waals surface area contributed by atoms with Gasteiger partial charge in [0.1, 0.15) is 5.60 Å². The number of hydrogen-bond donors (Lipinski definition) is 4. The molecule has 0 bridgehead atoms. The molecule has 1 aliphatic rings. The standard InChI is InChI=1S/C10H16N2O5/c11-2-1-10(6-12-3-4-17-10)7(9(15)16)5-8(13)14/h5,12H,1-4,6,11H2,(H,13,14)(H,15,16). The lowest BCUT2D eigenvalue weighted by atomic mass is 9.88. The van der Waals surface area contributed by atoms with E-state index >= 15 is 0 Å². The maximum absolute atomic E-state index is 11.1. The highest BCUT2D eigenvalue weighted by Gasteiger charge is 2.40. The van der Waals surface area contributed by atoms with Crippen LogP contribution >= 0.6 is 0 Å². The van der Waals surface area contributed by atoms with Crippen LogP contribution in [0, 0.1) is 0 Å². The Bertz CT molecular complexity index is 328. The lowest BCUT2D eigenvalue weighted by Gasteiger charge is -2.37. The minimum atomic E-state index is -1.31. The number of carboxylic acids is 2. The normalized spacial score (nSPS) is 25.6. The smallest absolute Gasteiger partial charge is 0.334 e. The van der Waals surface area contributed by atoms with E-state index in [1.165, 1.54) is 0 Å². The summed E-state index contributed by atoms with van der Waals surface area (Å²) >= 11 is 0. The molecule has 1 fully saturated rings. The number of aliphatic carboxylic acids is 2. The number of nitrogens with one attached hydrogen (secondary N) is 1. The number of ether oxygens (including phenoxy) is 1. The van der Waals surface area contributed by atoms with E-state index in [-0.39, 0.29) is 25.1 Å². The Morgan fingerprint density at radius 2 is 2.18 bits per heavy atom. The van der Waals surface area contributed by atoms with Crippen molar-refractivity contribution < 1.29 is 24.5 Å². The first-order valence-electron chi connectivity index (χ1n) is 5.25. The van der Waals surface area contributed by atoms with Crippen molar-refractivity contribution in [1.82, 2.24) is 5.32 Å². The van der Waals surface area contributed by atoms with Gasteiger partial charge in [-0.05, 0) is 13.0 Å². The van der Waals surface area contributed by atoms with E-state index in [1.54, 1.807) is 0 Å². The SMILES string of the molecule is NCCC1(C(=CC(=O)O)C(=O)O)CNCCO1. The molecule has 0 amide bonds. The van der Waals surface area contributed by atoms with Crippen LogP contribution in [-0.2, 0) is 14.3 Å². The van der Waals surface area contributed by atoms with Crippen molar-refractivity contribution >= 4 is 11.9 Å². The van der Waals surface area contributed by atoms with Crippen LogP contribution in [0.15, 0.2) is 11.6 Å². The minimum absolute atomic E-state index is 0.214. The maximum atomic E-state index is 11.1. The average Bonchev–Trinajstić information content (AvgIpc) is 2.27. The molecule has 1 heterocycles. The summed E-state index contributed by atoms with van der Waals surface area (Å²) in [4.78, 5) is 21.8. The van der Waals surface area contributed by atoms with E-state index in [9.17, 15) is 9.59 Å². The highest BCUT2D eigenvalue weighted by Crippen LogP contribution is 2.27. The number of carbonyl (C=O) groups is 2. The van der Waals surface area contributed by atoms with Gasteiger partial charge in [0.25, 0.3) is 0 Å². The molecule has 1 rings (SSSR count). The van der Waals surface area contributed by atoms with Crippen LogP contribution in [0.5, 0.6) is 0 Å². The highest BCUT2D eigenvalue weighted by atomic mass is 16.5. The van der Waals surface area contributed by atoms with Crippen LogP contribution in [0.3, 0.4) is 0 Å². The Balaban J connectivity index is 3.08. The molecule has 7 heteroatoms. The summed E-state index contributed by atoms with van der Waals surface area (Å²) in [5, 5.41) is 20.8. The zero-order chi connectivity index (χ0) is 12.9. The fourth-order valence-corrected chi connectivity index (χ4v) is 1.87. The first-order chi connectivity index (χ1) is 8.02. The number of rotatable bonds is 5. The van der Waals surface area contributed by atoms with Gasteiger partial charge in [-0.1, -0.05) is 0 Å². The van der Waals surface area contributed by atoms with Gasteiger partial charge in [-0.3, -0.25) is 0 Å². The van der Waals surface area contributed by atoms with Gasteiger partial charge in [-0.2, -0.15) is 0 Å². The summed E-state index contributed by atoms with van der Waals surface area (Å²) in [5.41, 5.74) is 4.01. The molecule has 0 radical (unpaired) electrons. The molecule has 96 valence electrons. The molecule has 5 N–H and O–H groups in total. The Morgan fingerprint density at radius 1 is 1.47 bits per heavy atom. The lowest BCUT2D eigenvalue weighted by Crippen LogP contribution is -2.53. The van der Waals surface area contributed by atoms with Crippen LogP contribution in [0.25, 0.3) is 0 Å². The predicted octanol–water partition coefficient (Wildman–Crippen LogP) is -1.21. The van der Waals surface area contributed by atoms with Gasteiger partial charge in [0.2, 0.25) is 0 Å². The van der Waals surface area contributed by atoms with Gasteiger partial charge in [0, 0.05) is 19.2 Å². The van der Waals surface area contributed by atoms with Crippen molar-refractivity contribution in [1.29, 1.82) is 0 Å². The molecule has 0 aromatic heterocycles. The topological polar surface area (TPSA) is 122 Å². The monoisotopic (exact) mass is 244 g/mol. The van der Waals surface area contributed by atoms with Crippen LogP contribution < -0.4 is 11.1 Å². The maximum Gasteiger partial charge on any atom is 0.334 e. The third-order valence-corrected chi connectivity index (χ3v) is 2.61. The molecule has 0 saturated carbocycles. The third kappa shape index (κ3) is 3.26. The quantitative estimate of drug-likeness (QED) is 0.447. The molecule has 7 nitrogen and oxygen atoms in total. The van der Waals surface area contributed by atoms with Crippen molar-refractivity contribution in [3.8, 4) is 0 Å². The molecule has 1 unspecified atom stereocenters. The third-order valence-electron chi connectivity index (χ3n) is 2.61. The van der Waals surface area contributed by atoms with E-state index in [0.29, 0.717) is 19.2 Å². The van der Waals surface area contributed by atoms with E-state index in [0.717, 1.165) is 0 Å². The molecule has 17 heavy (non-hydrogen) atoms. The van der Waals surface area contributed by atoms with E-state index in [1.807, 2.05) is 0 Å². The summed E-state index contributed by atoms with van der Waals surface area (Å²) in [6, 6.07) is 0. The Labute approximate surface area is 98.2 Å². The molecule has 0 aromatic rings. The van der Waals surface area contributed by atoms with Crippen LogP contribution in [0.1, 0.15) is 6.42 Å². The van der Waals surface area contributed by atoms with Crippen molar-refractivity contribution in [2.75, 3.05) is 26.2 Å². The second-order valence-corrected chi connectivity index (χ2v) is 3.76. The molecular formula is C10H16N2O5. The van der Waals surface area contributed by atoms with Gasteiger partial charge in [0.05, 0.1) is 12.2 Å². The van der Waals surface area contributed by atoms with Gasteiger partial charge >= 0.3 is 11.9 Å². The number of morpholine rings is 1. The summed E-state index contributed by atoms with van der Waals surface area (Å²) in [5.74, 6) is -2.61. The molecular weight excluding hydrogens is 228 g/mol. The van der Waals surface area contributed by atoms with Gasteiger partial charge < -0.3 is 26.0 Å². The Morgan fingerprint density at radius 3 is 2.59 bits per heavy atom. The summed E-state index contributed by atoms with van der Waals surface area (Å²) in [6.07, 6.45) is 0.927. The lowest BCUT2D eigenvalue weighted by molar-refractivity contribution is -0.139. The van der Waals surface area contributed by atoms with Crippen molar-refractivity contribution in [2.24, 2.45) is 5.73 Å². The van der Waals surface area contributed by atoms with Crippen LogP contribution in [-0.4, -0.2) is 54.0 Å². The zero-order valence-electron chi connectivity index (χ0n) is 9.31. The zero-order valence-corrected chi connectivity index (χ0v) is 9.31.